The first-order valence-electron chi connectivity index (χ1n) is 6.86. The van der Waals surface area contributed by atoms with Crippen LogP contribution >= 0.6 is 27.7 Å². The van der Waals surface area contributed by atoms with Crippen LogP contribution in [0.4, 0.5) is 0 Å². The van der Waals surface area contributed by atoms with Crippen LogP contribution < -0.4 is 5.32 Å². The average Bonchev–Trinajstić information content (AvgIpc) is 2.54. The zero-order valence-corrected chi connectivity index (χ0v) is 14.3. The fourth-order valence-corrected chi connectivity index (χ4v) is 3.88. The Balaban J connectivity index is 2.23. The van der Waals surface area contributed by atoms with Crippen LogP contribution in [0.3, 0.4) is 0 Å². The summed E-state index contributed by atoms with van der Waals surface area (Å²) in [7, 11) is 0. The number of aromatic nitrogens is 1. The summed E-state index contributed by atoms with van der Waals surface area (Å²) in [6.45, 7) is 2.89. The van der Waals surface area contributed by atoms with Gasteiger partial charge in [-0.2, -0.15) is 0 Å². The van der Waals surface area contributed by atoms with E-state index in [4.69, 9.17) is 0 Å². The van der Waals surface area contributed by atoms with E-state index in [9.17, 15) is 5.11 Å². The highest BCUT2D eigenvalue weighted by Crippen LogP contribution is 2.32. The summed E-state index contributed by atoms with van der Waals surface area (Å²) in [4.78, 5) is 4.38. The lowest BCUT2D eigenvalue weighted by molar-refractivity contribution is 0.181. The predicted octanol–water partition coefficient (Wildman–Crippen LogP) is 3.43. The molecule has 21 heavy (non-hydrogen) atoms. The molecule has 1 aromatic carbocycles. The molecule has 2 rings (SSSR count). The summed E-state index contributed by atoms with van der Waals surface area (Å²) >= 11 is 5.15. The van der Waals surface area contributed by atoms with Gasteiger partial charge in [0.15, 0.2) is 0 Å². The first-order chi connectivity index (χ1) is 10.2. The molecule has 0 amide bonds. The number of halogens is 1. The van der Waals surface area contributed by atoms with Crippen molar-refractivity contribution in [2.45, 2.75) is 17.5 Å². The molecule has 5 heteroatoms. The van der Waals surface area contributed by atoms with E-state index in [0.29, 0.717) is 5.75 Å². The monoisotopic (exact) mass is 366 g/mol. The Hall–Kier alpha value is -0.880. The molecule has 112 valence electrons. The molecule has 1 unspecified atom stereocenters. The second kappa shape index (κ2) is 7.94. The van der Waals surface area contributed by atoms with E-state index >= 15 is 0 Å². The molecule has 0 aliphatic rings. The van der Waals surface area contributed by atoms with Crippen LogP contribution in [0.15, 0.2) is 58.2 Å². The van der Waals surface area contributed by atoms with Gasteiger partial charge in [-0.3, -0.25) is 0 Å². The molecule has 1 heterocycles. The van der Waals surface area contributed by atoms with Gasteiger partial charge in [0.05, 0.1) is 12.1 Å². The molecule has 0 radical (unpaired) electrons. The molecule has 0 saturated heterocycles. The third-order valence-electron chi connectivity index (χ3n) is 3.29. The van der Waals surface area contributed by atoms with Crippen LogP contribution in [-0.4, -0.2) is 29.0 Å². The van der Waals surface area contributed by atoms with Gasteiger partial charge in [0.2, 0.25) is 0 Å². The number of rotatable bonds is 7. The maximum atomic E-state index is 10.0. The van der Waals surface area contributed by atoms with Gasteiger partial charge < -0.3 is 10.4 Å². The standard InChI is InChI=1S/C16H19BrN2OS/c1-2-19-16(11-20,13-7-4-3-5-8-13)12-21-15-14(17)9-6-10-18-15/h3-10,19-20H,2,11-12H2,1H3. The molecule has 0 spiro atoms. The third-order valence-corrected chi connectivity index (χ3v) is 5.43. The SMILES string of the molecule is CCNC(CO)(CSc1ncccc1Br)c1ccccc1. The number of nitrogens with zero attached hydrogens (tertiary/aromatic N) is 1. The van der Waals surface area contributed by atoms with Crippen molar-refractivity contribution in [2.75, 3.05) is 18.9 Å². The van der Waals surface area contributed by atoms with E-state index in [1.54, 1.807) is 18.0 Å². The Bertz CT molecular complexity index is 567. The fraction of sp³-hybridized carbons (Fsp3) is 0.312. The van der Waals surface area contributed by atoms with Crippen molar-refractivity contribution in [1.29, 1.82) is 0 Å². The summed E-state index contributed by atoms with van der Waals surface area (Å²) in [6.07, 6.45) is 1.78. The van der Waals surface area contributed by atoms with Gasteiger partial charge in [0.25, 0.3) is 0 Å². The van der Waals surface area contributed by atoms with Crippen LogP contribution in [0, 0.1) is 0 Å². The fourth-order valence-electron chi connectivity index (χ4n) is 2.19. The number of likely N-dealkylation sites (N-methyl/N-ethyl adjacent to an activating group) is 1. The molecular formula is C16H19BrN2OS. The molecule has 0 aliphatic heterocycles. The van der Waals surface area contributed by atoms with E-state index < -0.39 is 5.54 Å². The smallest absolute Gasteiger partial charge is 0.110 e. The number of aliphatic hydroxyl groups is 1. The third kappa shape index (κ3) is 4.07. The lowest BCUT2D eigenvalue weighted by Crippen LogP contribution is -2.47. The zero-order valence-electron chi connectivity index (χ0n) is 11.9. The van der Waals surface area contributed by atoms with Crippen molar-refractivity contribution >= 4 is 27.7 Å². The van der Waals surface area contributed by atoms with Crippen molar-refractivity contribution in [3.05, 3.63) is 58.7 Å². The van der Waals surface area contributed by atoms with Crippen molar-refractivity contribution in [2.24, 2.45) is 0 Å². The van der Waals surface area contributed by atoms with Gasteiger partial charge in [0.1, 0.15) is 5.03 Å². The molecule has 0 aliphatic carbocycles. The number of pyridine rings is 1. The molecule has 0 saturated carbocycles. The number of hydrogen-bond acceptors (Lipinski definition) is 4. The molecular weight excluding hydrogens is 348 g/mol. The number of thioether (sulfide) groups is 1. The summed E-state index contributed by atoms with van der Waals surface area (Å²) in [5.41, 5.74) is 0.631. The highest BCUT2D eigenvalue weighted by Gasteiger charge is 2.31. The van der Waals surface area contributed by atoms with Gasteiger partial charge in [0, 0.05) is 16.4 Å². The number of aliphatic hydroxyl groups excluding tert-OH is 1. The minimum Gasteiger partial charge on any atom is -0.394 e. The molecule has 2 aromatic rings. The number of nitrogens with one attached hydrogen (secondary N) is 1. The van der Waals surface area contributed by atoms with E-state index in [0.717, 1.165) is 21.6 Å². The summed E-state index contributed by atoms with van der Waals surface area (Å²) in [6, 6.07) is 14.0. The topological polar surface area (TPSA) is 45.1 Å². The van der Waals surface area contributed by atoms with Crippen molar-refractivity contribution < 1.29 is 5.11 Å². The van der Waals surface area contributed by atoms with Crippen LogP contribution in [-0.2, 0) is 5.54 Å². The Kier molecular flexibility index (Phi) is 6.23. The van der Waals surface area contributed by atoms with Crippen molar-refractivity contribution in [3.63, 3.8) is 0 Å². The lowest BCUT2D eigenvalue weighted by atomic mass is 9.92. The van der Waals surface area contributed by atoms with Crippen LogP contribution in [0.25, 0.3) is 0 Å². The van der Waals surface area contributed by atoms with Gasteiger partial charge >= 0.3 is 0 Å². The van der Waals surface area contributed by atoms with E-state index in [1.807, 2.05) is 42.5 Å². The number of hydrogen-bond donors (Lipinski definition) is 2. The molecule has 0 fully saturated rings. The average molecular weight is 367 g/mol. The lowest BCUT2D eigenvalue weighted by Gasteiger charge is -2.33. The minimum absolute atomic E-state index is 0.0440. The second-order valence-electron chi connectivity index (χ2n) is 4.72. The Labute approximate surface area is 138 Å². The molecule has 1 atom stereocenters. The summed E-state index contributed by atoms with van der Waals surface area (Å²) < 4.78 is 0.978. The molecule has 1 aromatic heterocycles. The normalized spacial score (nSPS) is 13.9. The zero-order chi connectivity index (χ0) is 15.1. The maximum absolute atomic E-state index is 10.0. The Morgan fingerprint density at radius 3 is 2.62 bits per heavy atom. The van der Waals surface area contributed by atoms with Gasteiger partial charge in [-0.05, 0) is 40.2 Å². The summed E-state index contributed by atoms with van der Waals surface area (Å²) in [5, 5.41) is 14.4. The van der Waals surface area contributed by atoms with Gasteiger partial charge in [-0.15, -0.1) is 11.8 Å². The Morgan fingerprint density at radius 2 is 2.00 bits per heavy atom. The highest BCUT2D eigenvalue weighted by atomic mass is 79.9. The van der Waals surface area contributed by atoms with E-state index in [2.05, 4.69) is 33.2 Å². The minimum atomic E-state index is -0.461. The second-order valence-corrected chi connectivity index (χ2v) is 6.53. The molecule has 3 nitrogen and oxygen atoms in total. The highest BCUT2D eigenvalue weighted by molar-refractivity contribution is 9.10. The van der Waals surface area contributed by atoms with Gasteiger partial charge in [-0.1, -0.05) is 37.3 Å². The summed E-state index contributed by atoms with van der Waals surface area (Å²) in [5.74, 6) is 0.705. The number of benzene rings is 1. The molecule has 2 N–H and O–H groups in total. The van der Waals surface area contributed by atoms with Gasteiger partial charge in [-0.25, -0.2) is 4.98 Å². The maximum Gasteiger partial charge on any atom is 0.110 e. The van der Waals surface area contributed by atoms with Crippen LogP contribution in [0.2, 0.25) is 0 Å². The molecule has 0 bridgehead atoms. The first-order valence-corrected chi connectivity index (χ1v) is 8.64. The van der Waals surface area contributed by atoms with Crippen LogP contribution in [0.5, 0.6) is 0 Å². The van der Waals surface area contributed by atoms with E-state index in [1.165, 1.54) is 0 Å². The largest absolute Gasteiger partial charge is 0.394 e. The van der Waals surface area contributed by atoms with Crippen LogP contribution in [0.1, 0.15) is 12.5 Å². The van der Waals surface area contributed by atoms with Crippen molar-refractivity contribution in [3.8, 4) is 0 Å². The van der Waals surface area contributed by atoms with E-state index in [-0.39, 0.29) is 6.61 Å². The quantitative estimate of drug-likeness (QED) is 0.736. The first kappa shape index (κ1) is 16.5. The van der Waals surface area contributed by atoms with Crippen molar-refractivity contribution in [1.82, 2.24) is 10.3 Å². The predicted molar refractivity (Wildman–Crippen MR) is 91.5 cm³/mol. The Morgan fingerprint density at radius 1 is 1.24 bits per heavy atom.